The number of hydrogen-bond donors (Lipinski definition) is 0. The Morgan fingerprint density at radius 2 is 0.500 bits per heavy atom. The molecule has 0 aromatic heterocycles. The van der Waals surface area contributed by atoms with Crippen LogP contribution < -0.4 is 0 Å². The second-order valence-corrected chi connectivity index (χ2v) is 13.0. The SMILES string of the molecule is CCCCCCCCCCCCCCCCCCCCCCCCCCCCCCCCCCCCC(=O)OC. The van der Waals surface area contributed by atoms with Gasteiger partial charge in [0, 0.05) is 6.42 Å². The van der Waals surface area contributed by atoms with Gasteiger partial charge in [-0.05, 0) is 6.42 Å². The van der Waals surface area contributed by atoms with Crippen LogP contribution in [0.1, 0.15) is 232 Å². The van der Waals surface area contributed by atoms with E-state index >= 15 is 0 Å². The summed E-state index contributed by atoms with van der Waals surface area (Å²) in [7, 11) is 1.48. The summed E-state index contributed by atoms with van der Waals surface area (Å²) in [5.41, 5.74) is 0. The summed E-state index contributed by atoms with van der Waals surface area (Å²) >= 11 is 0. The molecule has 0 saturated carbocycles. The van der Waals surface area contributed by atoms with Crippen LogP contribution in [0.3, 0.4) is 0 Å². The third-order valence-electron chi connectivity index (χ3n) is 8.96. The zero-order valence-corrected chi connectivity index (χ0v) is 28.1. The van der Waals surface area contributed by atoms with Crippen molar-refractivity contribution in [1.82, 2.24) is 0 Å². The normalized spacial score (nSPS) is 11.3. The largest absolute Gasteiger partial charge is 0.469 e. The van der Waals surface area contributed by atoms with Crippen molar-refractivity contribution in [3.8, 4) is 0 Å². The molecule has 0 aliphatic heterocycles. The molecule has 0 heterocycles. The van der Waals surface area contributed by atoms with Gasteiger partial charge in [0.2, 0.25) is 0 Å². The first-order valence-electron chi connectivity index (χ1n) is 18.9. The predicted molar refractivity (Wildman–Crippen MR) is 179 cm³/mol. The van der Waals surface area contributed by atoms with Crippen LogP contribution >= 0.6 is 0 Å². The Morgan fingerprint density at radius 3 is 0.675 bits per heavy atom. The molecule has 240 valence electrons. The maximum atomic E-state index is 11.1. The molecule has 0 rings (SSSR count). The first-order chi connectivity index (χ1) is 19.8. The van der Waals surface area contributed by atoms with Crippen molar-refractivity contribution in [2.24, 2.45) is 0 Å². The molecular weight excluding hydrogens is 488 g/mol. The van der Waals surface area contributed by atoms with Gasteiger partial charge in [-0.3, -0.25) is 4.79 Å². The summed E-state index contributed by atoms with van der Waals surface area (Å²) in [6, 6.07) is 0. The lowest BCUT2D eigenvalue weighted by Gasteiger charge is -2.05. The van der Waals surface area contributed by atoms with Crippen LogP contribution in [0.5, 0.6) is 0 Å². The number of methoxy groups -OCH3 is 1. The molecule has 0 bridgehead atoms. The molecule has 0 spiro atoms. The van der Waals surface area contributed by atoms with Gasteiger partial charge in [-0.15, -0.1) is 0 Å². The Kier molecular flexibility index (Phi) is 36.0. The molecule has 0 aliphatic carbocycles. The van der Waals surface area contributed by atoms with E-state index in [1.165, 1.54) is 219 Å². The van der Waals surface area contributed by atoms with E-state index < -0.39 is 0 Å². The van der Waals surface area contributed by atoms with E-state index in [4.69, 9.17) is 0 Å². The summed E-state index contributed by atoms with van der Waals surface area (Å²) < 4.78 is 4.68. The average Bonchev–Trinajstić information content (AvgIpc) is 2.97. The molecule has 40 heavy (non-hydrogen) atoms. The Balaban J connectivity index is 3.04. The second-order valence-electron chi connectivity index (χ2n) is 13.0. The molecule has 0 fully saturated rings. The van der Waals surface area contributed by atoms with Gasteiger partial charge in [-0.1, -0.05) is 219 Å². The minimum absolute atomic E-state index is 0.0594. The van der Waals surface area contributed by atoms with Crippen molar-refractivity contribution in [1.29, 1.82) is 0 Å². The van der Waals surface area contributed by atoms with Crippen molar-refractivity contribution in [3.05, 3.63) is 0 Å². The van der Waals surface area contributed by atoms with Gasteiger partial charge >= 0.3 is 5.97 Å². The van der Waals surface area contributed by atoms with Crippen molar-refractivity contribution >= 4 is 5.97 Å². The fourth-order valence-corrected chi connectivity index (χ4v) is 6.10. The van der Waals surface area contributed by atoms with Crippen LogP contribution in [0.15, 0.2) is 0 Å². The maximum absolute atomic E-state index is 11.1. The lowest BCUT2D eigenvalue weighted by atomic mass is 10.0. The minimum atomic E-state index is -0.0594. The lowest BCUT2D eigenvalue weighted by Crippen LogP contribution is -1.99. The van der Waals surface area contributed by atoms with Gasteiger partial charge < -0.3 is 4.74 Å². The zero-order chi connectivity index (χ0) is 29.0. The molecule has 0 aromatic carbocycles. The molecule has 0 amide bonds. The Bertz CT molecular complexity index is 460. The van der Waals surface area contributed by atoms with Gasteiger partial charge in [-0.2, -0.15) is 0 Å². The number of esters is 1. The molecule has 0 unspecified atom stereocenters. The van der Waals surface area contributed by atoms with Gasteiger partial charge in [0.1, 0.15) is 0 Å². The Hall–Kier alpha value is -0.530. The number of carbonyl (C=O) groups is 1. The lowest BCUT2D eigenvalue weighted by molar-refractivity contribution is -0.140. The molecule has 0 aliphatic rings. The van der Waals surface area contributed by atoms with Crippen molar-refractivity contribution in [3.63, 3.8) is 0 Å². The van der Waals surface area contributed by atoms with Crippen LogP contribution in [-0.4, -0.2) is 13.1 Å². The molecule has 0 saturated heterocycles. The topological polar surface area (TPSA) is 26.3 Å². The van der Waals surface area contributed by atoms with Gasteiger partial charge in [-0.25, -0.2) is 0 Å². The number of rotatable bonds is 35. The third-order valence-corrected chi connectivity index (χ3v) is 8.96. The highest BCUT2D eigenvalue weighted by molar-refractivity contribution is 5.68. The van der Waals surface area contributed by atoms with E-state index in [2.05, 4.69) is 11.7 Å². The zero-order valence-electron chi connectivity index (χ0n) is 28.1. The molecule has 0 atom stereocenters. The fraction of sp³-hybridized carbons (Fsp3) is 0.974. The molecule has 0 radical (unpaired) electrons. The summed E-state index contributed by atoms with van der Waals surface area (Å²) in [4.78, 5) is 11.1. The number of hydrogen-bond acceptors (Lipinski definition) is 2. The summed E-state index contributed by atoms with van der Waals surface area (Å²) in [6.07, 6.45) is 49.2. The van der Waals surface area contributed by atoms with Crippen LogP contribution in [0, 0.1) is 0 Å². The summed E-state index contributed by atoms with van der Waals surface area (Å²) in [5, 5.41) is 0. The van der Waals surface area contributed by atoms with Crippen LogP contribution in [0.4, 0.5) is 0 Å². The predicted octanol–water partition coefficient (Wildman–Crippen LogP) is 13.8. The monoisotopic (exact) mass is 565 g/mol. The maximum Gasteiger partial charge on any atom is 0.305 e. The number of unbranched alkanes of at least 4 members (excludes halogenated alkanes) is 33. The van der Waals surface area contributed by atoms with E-state index in [0.29, 0.717) is 6.42 Å². The Morgan fingerprint density at radius 1 is 0.325 bits per heavy atom. The number of carbonyl (C=O) groups excluding carboxylic acids is 1. The standard InChI is InChI=1S/C38H76O2/c1-3-4-5-6-7-8-9-10-11-12-13-14-15-16-17-18-19-20-21-22-23-24-25-26-27-28-29-30-31-32-33-34-35-36-37-38(39)40-2/h3-37H2,1-2H3. The van der Waals surface area contributed by atoms with Crippen molar-refractivity contribution in [2.75, 3.05) is 7.11 Å². The van der Waals surface area contributed by atoms with E-state index in [9.17, 15) is 4.79 Å². The molecular formula is C38H76O2. The summed E-state index contributed by atoms with van der Waals surface area (Å²) in [5.74, 6) is -0.0594. The Labute approximate surface area is 254 Å². The minimum Gasteiger partial charge on any atom is -0.469 e. The number of ether oxygens (including phenoxy) is 1. The van der Waals surface area contributed by atoms with Gasteiger partial charge in [0.25, 0.3) is 0 Å². The van der Waals surface area contributed by atoms with E-state index in [1.54, 1.807) is 0 Å². The van der Waals surface area contributed by atoms with Crippen LogP contribution in [0.2, 0.25) is 0 Å². The third kappa shape index (κ3) is 35.5. The fourth-order valence-electron chi connectivity index (χ4n) is 6.10. The molecule has 2 nitrogen and oxygen atoms in total. The highest BCUT2D eigenvalue weighted by atomic mass is 16.5. The molecule has 0 N–H and O–H groups in total. The summed E-state index contributed by atoms with van der Waals surface area (Å²) in [6.45, 7) is 2.30. The average molecular weight is 565 g/mol. The molecule has 2 heteroatoms. The van der Waals surface area contributed by atoms with Gasteiger partial charge in [0.15, 0.2) is 0 Å². The second kappa shape index (κ2) is 36.5. The highest BCUT2D eigenvalue weighted by Gasteiger charge is 2.00. The van der Waals surface area contributed by atoms with Crippen molar-refractivity contribution in [2.45, 2.75) is 232 Å². The highest BCUT2D eigenvalue weighted by Crippen LogP contribution is 2.17. The molecule has 0 aromatic rings. The van der Waals surface area contributed by atoms with Crippen molar-refractivity contribution < 1.29 is 9.53 Å². The van der Waals surface area contributed by atoms with Crippen LogP contribution in [0.25, 0.3) is 0 Å². The quantitative estimate of drug-likeness (QED) is 0.0565. The van der Waals surface area contributed by atoms with E-state index in [-0.39, 0.29) is 5.97 Å². The first-order valence-corrected chi connectivity index (χ1v) is 18.9. The van der Waals surface area contributed by atoms with E-state index in [0.717, 1.165) is 6.42 Å². The van der Waals surface area contributed by atoms with E-state index in [1.807, 2.05) is 0 Å². The first kappa shape index (κ1) is 39.5. The van der Waals surface area contributed by atoms with Gasteiger partial charge in [0.05, 0.1) is 7.11 Å². The smallest absolute Gasteiger partial charge is 0.305 e. The van der Waals surface area contributed by atoms with Crippen LogP contribution in [-0.2, 0) is 9.53 Å².